The SMILES string of the molecule is CC1SCCN(Cc2ccc3c(c2)CCN3)C1C. The smallest absolute Gasteiger partial charge is 0.0373 e. The van der Waals surface area contributed by atoms with Crippen LogP contribution in [-0.2, 0) is 13.0 Å². The van der Waals surface area contributed by atoms with Crippen molar-refractivity contribution in [3.63, 3.8) is 0 Å². The number of benzene rings is 1. The molecule has 2 aliphatic heterocycles. The molecule has 2 nitrogen and oxygen atoms in total. The lowest BCUT2D eigenvalue weighted by Gasteiger charge is -2.37. The molecule has 3 rings (SSSR count). The van der Waals surface area contributed by atoms with Crippen molar-refractivity contribution in [2.45, 2.75) is 38.1 Å². The number of rotatable bonds is 2. The maximum atomic E-state index is 3.43. The molecule has 1 aromatic carbocycles. The molecule has 18 heavy (non-hydrogen) atoms. The zero-order valence-electron chi connectivity index (χ0n) is 11.3. The molecule has 3 heteroatoms. The summed E-state index contributed by atoms with van der Waals surface area (Å²) in [6.45, 7) is 8.16. The van der Waals surface area contributed by atoms with Crippen LogP contribution < -0.4 is 5.32 Å². The fourth-order valence-electron chi connectivity index (χ4n) is 2.91. The number of anilines is 1. The van der Waals surface area contributed by atoms with Crippen LogP contribution in [0.4, 0.5) is 5.69 Å². The van der Waals surface area contributed by atoms with E-state index in [-0.39, 0.29) is 0 Å². The lowest BCUT2D eigenvalue weighted by atomic mass is 10.1. The molecule has 0 spiro atoms. The van der Waals surface area contributed by atoms with Crippen LogP contribution in [0.25, 0.3) is 0 Å². The van der Waals surface area contributed by atoms with E-state index in [0.717, 1.165) is 18.3 Å². The number of nitrogens with one attached hydrogen (secondary N) is 1. The highest BCUT2D eigenvalue weighted by atomic mass is 32.2. The van der Waals surface area contributed by atoms with Crippen molar-refractivity contribution in [3.05, 3.63) is 29.3 Å². The van der Waals surface area contributed by atoms with E-state index < -0.39 is 0 Å². The summed E-state index contributed by atoms with van der Waals surface area (Å²) in [5, 5.41) is 4.19. The molecule has 0 aromatic heterocycles. The Labute approximate surface area is 114 Å². The normalized spacial score (nSPS) is 27.9. The van der Waals surface area contributed by atoms with Crippen molar-refractivity contribution in [1.82, 2.24) is 4.90 Å². The van der Waals surface area contributed by atoms with Crippen molar-refractivity contribution >= 4 is 17.4 Å². The van der Waals surface area contributed by atoms with Crippen LogP contribution in [0.15, 0.2) is 18.2 Å². The maximum Gasteiger partial charge on any atom is 0.0373 e. The van der Waals surface area contributed by atoms with Crippen molar-refractivity contribution in [2.75, 3.05) is 24.2 Å². The summed E-state index contributed by atoms with van der Waals surface area (Å²) >= 11 is 2.11. The second-order valence-corrected chi connectivity index (χ2v) is 6.94. The summed E-state index contributed by atoms with van der Waals surface area (Å²) < 4.78 is 0. The third-order valence-corrected chi connectivity index (χ3v) is 5.62. The number of hydrogen-bond acceptors (Lipinski definition) is 3. The van der Waals surface area contributed by atoms with Gasteiger partial charge in [0.25, 0.3) is 0 Å². The first-order chi connectivity index (χ1) is 8.74. The fourth-order valence-corrected chi connectivity index (χ4v) is 4.07. The Hall–Kier alpha value is -0.670. The predicted molar refractivity (Wildman–Crippen MR) is 80.4 cm³/mol. The Morgan fingerprint density at radius 2 is 2.28 bits per heavy atom. The Bertz CT molecular complexity index is 433. The summed E-state index contributed by atoms with van der Waals surface area (Å²) in [6.07, 6.45) is 1.19. The number of hydrogen-bond donors (Lipinski definition) is 1. The van der Waals surface area contributed by atoms with Gasteiger partial charge in [-0.25, -0.2) is 0 Å². The predicted octanol–water partition coefficient (Wildman–Crippen LogP) is 2.98. The number of thioether (sulfide) groups is 1. The lowest BCUT2D eigenvalue weighted by Crippen LogP contribution is -2.43. The van der Waals surface area contributed by atoms with Gasteiger partial charge in [-0.1, -0.05) is 19.1 Å². The number of fused-ring (bicyclic) bond motifs is 1. The van der Waals surface area contributed by atoms with E-state index in [0.29, 0.717) is 6.04 Å². The van der Waals surface area contributed by atoms with Crippen LogP contribution in [0, 0.1) is 0 Å². The first kappa shape index (κ1) is 12.4. The molecule has 2 unspecified atom stereocenters. The van der Waals surface area contributed by atoms with E-state index in [1.165, 1.54) is 35.5 Å². The first-order valence-corrected chi connectivity index (χ1v) is 8.00. The molecular weight excluding hydrogens is 240 g/mol. The van der Waals surface area contributed by atoms with Crippen molar-refractivity contribution in [2.24, 2.45) is 0 Å². The molecule has 0 aliphatic carbocycles. The average Bonchev–Trinajstić information content (AvgIpc) is 2.82. The summed E-state index contributed by atoms with van der Waals surface area (Å²) in [4.78, 5) is 2.63. The van der Waals surface area contributed by atoms with Crippen molar-refractivity contribution in [3.8, 4) is 0 Å². The number of nitrogens with zero attached hydrogens (tertiary/aromatic N) is 1. The molecule has 0 radical (unpaired) electrons. The summed E-state index contributed by atoms with van der Waals surface area (Å²) in [5.74, 6) is 1.28. The molecular formula is C15H22N2S. The minimum atomic E-state index is 0.690. The van der Waals surface area contributed by atoms with Gasteiger partial charge in [0.05, 0.1) is 0 Å². The highest BCUT2D eigenvalue weighted by Gasteiger charge is 2.25. The average molecular weight is 262 g/mol. The van der Waals surface area contributed by atoms with Gasteiger partial charge in [-0.05, 0) is 30.5 Å². The van der Waals surface area contributed by atoms with E-state index >= 15 is 0 Å². The van der Waals surface area contributed by atoms with Crippen LogP contribution in [0.5, 0.6) is 0 Å². The van der Waals surface area contributed by atoms with Crippen LogP contribution in [0.3, 0.4) is 0 Å². The highest BCUT2D eigenvalue weighted by Crippen LogP contribution is 2.27. The topological polar surface area (TPSA) is 15.3 Å². The van der Waals surface area contributed by atoms with Gasteiger partial charge in [0.2, 0.25) is 0 Å². The lowest BCUT2D eigenvalue weighted by molar-refractivity contribution is 0.204. The van der Waals surface area contributed by atoms with Crippen LogP contribution >= 0.6 is 11.8 Å². The Kier molecular flexibility index (Phi) is 3.53. The molecule has 1 saturated heterocycles. The van der Waals surface area contributed by atoms with E-state index in [1.54, 1.807) is 0 Å². The third-order valence-electron chi connectivity index (χ3n) is 4.28. The monoisotopic (exact) mass is 262 g/mol. The van der Waals surface area contributed by atoms with E-state index in [2.05, 4.69) is 54.0 Å². The largest absolute Gasteiger partial charge is 0.384 e. The molecule has 2 atom stereocenters. The van der Waals surface area contributed by atoms with Crippen LogP contribution in [-0.4, -0.2) is 35.0 Å². The summed E-state index contributed by atoms with van der Waals surface area (Å²) in [7, 11) is 0. The molecule has 0 amide bonds. The second kappa shape index (κ2) is 5.14. The first-order valence-electron chi connectivity index (χ1n) is 6.95. The minimum absolute atomic E-state index is 0.690. The van der Waals surface area contributed by atoms with E-state index in [9.17, 15) is 0 Å². The van der Waals surface area contributed by atoms with Crippen molar-refractivity contribution in [1.29, 1.82) is 0 Å². The highest BCUT2D eigenvalue weighted by molar-refractivity contribution is 8.00. The van der Waals surface area contributed by atoms with Gasteiger partial charge in [0.15, 0.2) is 0 Å². The van der Waals surface area contributed by atoms with Gasteiger partial charge in [-0.15, -0.1) is 0 Å². The van der Waals surface area contributed by atoms with Crippen LogP contribution in [0.2, 0.25) is 0 Å². The van der Waals surface area contributed by atoms with Crippen LogP contribution in [0.1, 0.15) is 25.0 Å². The zero-order chi connectivity index (χ0) is 12.5. The van der Waals surface area contributed by atoms with Gasteiger partial charge >= 0.3 is 0 Å². The standard InChI is InChI=1S/C15H22N2S/c1-11-12(2)18-8-7-17(11)10-13-3-4-15-14(9-13)5-6-16-15/h3-4,9,11-12,16H,5-8,10H2,1-2H3. The molecule has 98 valence electrons. The van der Waals surface area contributed by atoms with Gasteiger partial charge < -0.3 is 5.32 Å². The second-order valence-electron chi connectivity index (χ2n) is 5.46. The van der Waals surface area contributed by atoms with E-state index in [1.807, 2.05) is 0 Å². The quantitative estimate of drug-likeness (QED) is 0.882. The molecule has 1 N–H and O–H groups in total. The fraction of sp³-hybridized carbons (Fsp3) is 0.600. The molecule has 0 bridgehead atoms. The maximum absolute atomic E-state index is 3.43. The van der Waals surface area contributed by atoms with E-state index in [4.69, 9.17) is 0 Å². The zero-order valence-corrected chi connectivity index (χ0v) is 12.1. The summed E-state index contributed by atoms with van der Waals surface area (Å²) in [5.41, 5.74) is 4.32. The summed E-state index contributed by atoms with van der Waals surface area (Å²) in [6, 6.07) is 7.63. The molecule has 2 heterocycles. The molecule has 1 fully saturated rings. The van der Waals surface area contributed by atoms with Gasteiger partial charge in [0.1, 0.15) is 0 Å². The molecule has 1 aromatic rings. The minimum Gasteiger partial charge on any atom is -0.384 e. The third kappa shape index (κ3) is 2.39. The van der Waals surface area contributed by atoms with Gasteiger partial charge in [-0.3, -0.25) is 4.90 Å². The van der Waals surface area contributed by atoms with Gasteiger partial charge in [0, 0.05) is 42.4 Å². The molecule has 0 saturated carbocycles. The Morgan fingerprint density at radius 1 is 1.39 bits per heavy atom. The molecule has 2 aliphatic rings. The Morgan fingerprint density at radius 3 is 3.17 bits per heavy atom. The van der Waals surface area contributed by atoms with Crippen molar-refractivity contribution < 1.29 is 0 Å². The Balaban J connectivity index is 1.72. The van der Waals surface area contributed by atoms with Gasteiger partial charge in [-0.2, -0.15) is 11.8 Å².